The predicted molar refractivity (Wildman–Crippen MR) is 141 cm³/mol. The zero-order valence-corrected chi connectivity index (χ0v) is 20.4. The maximum atomic E-state index is 5.89. The lowest BCUT2D eigenvalue weighted by Gasteiger charge is -2.28. The van der Waals surface area contributed by atoms with Gasteiger partial charge in [-0.3, -0.25) is 0 Å². The summed E-state index contributed by atoms with van der Waals surface area (Å²) in [6.07, 6.45) is 11.8. The highest BCUT2D eigenvalue weighted by molar-refractivity contribution is 5.85. The minimum Gasteiger partial charge on any atom is -0.494 e. The van der Waals surface area contributed by atoms with Crippen molar-refractivity contribution in [3.63, 3.8) is 0 Å². The van der Waals surface area contributed by atoms with Crippen LogP contribution >= 0.6 is 0 Å². The van der Waals surface area contributed by atoms with E-state index >= 15 is 0 Å². The van der Waals surface area contributed by atoms with Gasteiger partial charge in [-0.25, -0.2) is 0 Å². The highest BCUT2D eigenvalue weighted by Crippen LogP contribution is 2.37. The molecular formula is C32H38O. The van der Waals surface area contributed by atoms with Crippen LogP contribution in [0.3, 0.4) is 0 Å². The van der Waals surface area contributed by atoms with Crippen molar-refractivity contribution in [1.29, 1.82) is 0 Å². The molecule has 0 heterocycles. The van der Waals surface area contributed by atoms with Crippen molar-refractivity contribution >= 4 is 10.8 Å². The Morgan fingerprint density at radius 1 is 0.727 bits per heavy atom. The van der Waals surface area contributed by atoms with E-state index in [-0.39, 0.29) is 0 Å². The first-order valence-corrected chi connectivity index (χ1v) is 13.0. The molecule has 1 saturated carbocycles. The first-order valence-electron chi connectivity index (χ1n) is 13.0. The largest absolute Gasteiger partial charge is 0.494 e. The van der Waals surface area contributed by atoms with Gasteiger partial charge in [-0.2, -0.15) is 0 Å². The van der Waals surface area contributed by atoms with Crippen LogP contribution in [0.15, 0.2) is 60.7 Å². The molecule has 0 bridgehead atoms. The molecule has 1 heteroatoms. The fourth-order valence-corrected chi connectivity index (χ4v) is 5.11. The van der Waals surface area contributed by atoms with Gasteiger partial charge in [0.2, 0.25) is 0 Å². The molecule has 0 N–H and O–H groups in total. The predicted octanol–water partition coefficient (Wildman–Crippen LogP) is 8.88. The van der Waals surface area contributed by atoms with Crippen molar-refractivity contribution in [2.24, 2.45) is 5.92 Å². The molecule has 3 aromatic rings. The molecular weight excluding hydrogens is 400 g/mol. The molecule has 0 radical (unpaired) electrons. The average Bonchev–Trinajstić information content (AvgIpc) is 2.86. The van der Waals surface area contributed by atoms with Crippen molar-refractivity contribution in [2.75, 3.05) is 6.61 Å². The van der Waals surface area contributed by atoms with Gasteiger partial charge in [0.15, 0.2) is 0 Å². The van der Waals surface area contributed by atoms with Gasteiger partial charge in [0.25, 0.3) is 0 Å². The van der Waals surface area contributed by atoms with E-state index in [4.69, 9.17) is 4.74 Å². The summed E-state index contributed by atoms with van der Waals surface area (Å²) < 4.78 is 5.89. The summed E-state index contributed by atoms with van der Waals surface area (Å²) in [6.45, 7) is 5.32. The lowest BCUT2D eigenvalue weighted by molar-refractivity contribution is 0.306. The average molecular weight is 439 g/mol. The van der Waals surface area contributed by atoms with Crippen molar-refractivity contribution in [3.05, 3.63) is 77.4 Å². The van der Waals surface area contributed by atoms with Gasteiger partial charge in [0.05, 0.1) is 6.61 Å². The Morgan fingerprint density at radius 3 is 2.18 bits per heavy atom. The Balaban J connectivity index is 1.36. The van der Waals surface area contributed by atoms with E-state index in [0.29, 0.717) is 0 Å². The first-order chi connectivity index (χ1) is 16.2. The molecule has 0 atom stereocenters. The summed E-state index contributed by atoms with van der Waals surface area (Å²) in [7, 11) is 0. The van der Waals surface area contributed by atoms with Gasteiger partial charge in [0, 0.05) is 11.1 Å². The molecule has 0 aliphatic heterocycles. The first kappa shape index (κ1) is 23.4. The zero-order valence-electron chi connectivity index (χ0n) is 20.4. The molecule has 4 rings (SSSR count). The highest BCUT2D eigenvalue weighted by atomic mass is 16.5. The lowest BCUT2D eigenvalue weighted by Crippen LogP contribution is -2.13. The number of hydrogen-bond donors (Lipinski definition) is 0. The fourth-order valence-electron chi connectivity index (χ4n) is 5.11. The number of benzene rings is 3. The van der Waals surface area contributed by atoms with Crippen LogP contribution in [0, 0.1) is 17.8 Å². The summed E-state index contributed by atoms with van der Waals surface area (Å²) in [5.41, 5.74) is 3.64. The van der Waals surface area contributed by atoms with E-state index in [1.807, 2.05) is 0 Å². The summed E-state index contributed by atoms with van der Waals surface area (Å²) in [5.74, 6) is 9.36. The number of hydrogen-bond acceptors (Lipinski definition) is 1. The molecule has 0 aromatic heterocycles. The SMILES string of the molecule is CCCCCOc1ccc2cc(C#Cc3ccc([C@H]4CC[C@H](CCC)CC4)cc3)ccc2c1. The zero-order chi connectivity index (χ0) is 22.9. The van der Waals surface area contributed by atoms with Crippen LogP contribution in [-0.4, -0.2) is 6.61 Å². The molecule has 0 spiro atoms. The van der Waals surface area contributed by atoms with Crippen LogP contribution in [0.2, 0.25) is 0 Å². The van der Waals surface area contributed by atoms with Gasteiger partial charge in [-0.05, 0) is 96.7 Å². The number of rotatable bonds is 8. The third kappa shape index (κ3) is 6.64. The second-order valence-corrected chi connectivity index (χ2v) is 9.66. The second-order valence-electron chi connectivity index (χ2n) is 9.66. The molecule has 1 aliphatic rings. The van der Waals surface area contributed by atoms with Crippen LogP contribution in [0.5, 0.6) is 5.75 Å². The molecule has 1 fully saturated rings. The van der Waals surface area contributed by atoms with Crippen LogP contribution < -0.4 is 4.74 Å². The monoisotopic (exact) mass is 438 g/mol. The van der Waals surface area contributed by atoms with E-state index in [1.54, 1.807) is 0 Å². The molecule has 0 saturated heterocycles. The third-order valence-corrected chi connectivity index (χ3v) is 7.11. The van der Waals surface area contributed by atoms with Crippen molar-refractivity contribution < 1.29 is 4.74 Å². The standard InChI is InChI=1S/C32H38O/c1-3-5-6-22-33-32-21-20-30-23-27(14-19-31(30)24-32)9-8-26-12-17-29(18-13-26)28-15-10-25(7-4-2)11-16-28/h12-14,17-21,23-25,28H,3-7,10-11,15-16,22H2,1-2H3/t25-,28-. The summed E-state index contributed by atoms with van der Waals surface area (Å²) >= 11 is 0. The van der Waals surface area contributed by atoms with E-state index < -0.39 is 0 Å². The normalized spacial score (nSPS) is 18.0. The molecule has 1 nitrogen and oxygen atoms in total. The topological polar surface area (TPSA) is 9.23 Å². The fraction of sp³-hybridized carbons (Fsp3) is 0.438. The van der Waals surface area contributed by atoms with Crippen molar-refractivity contribution in [1.82, 2.24) is 0 Å². The smallest absolute Gasteiger partial charge is 0.119 e. The maximum Gasteiger partial charge on any atom is 0.119 e. The minimum atomic E-state index is 0.737. The van der Waals surface area contributed by atoms with Crippen LogP contribution in [-0.2, 0) is 0 Å². The number of fused-ring (bicyclic) bond motifs is 1. The van der Waals surface area contributed by atoms with Gasteiger partial charge in [-0.1, -0.05) is 75.6 Å². The Labute approximate surface area is 200 Å². The van der Waals surface area contributed by atoms with E-state index in [2.05, 4.69) is 86.4 Å². The number of ether oxygens (including phenoxy) is 1. The Hall–Kier alpha value is -2.72. The molecule has 3 aromatic carbocycles. The third-order valence-electron chi connectivity index (χ3n) is 7.11. The maximum absolute atomic E-state index is 5.89. The molecule has 0 amide bonds. The van der Waals surface area contributed by atoms with E-state index in [1.165, 1.54) is 67.7 Å². The highest BCUT2D eigenvalue weighted by Gasteiger charge is 2.21. The van der Waals surface area contributed by atoms with Gasteiger partial charge >= 0.3 is 0 Å². The second kappa shape index (κ2) is 11.9. The van der Waals surface area contributed by atoms with Gasteiger partial charge in [0.1, 0.15) is 5.75 Å². The Bertz CT molecular complexity index is 1070. The molecule has 33 heavy (non-hydrogen) atoms. The summed E-state index contributed by atoms with van der Waals surface area (Å²) in [6, 6.07) is 21.8. The number of unbranched alkanes of at least 4 members (excludes halogenated alkanes) is 2. The van der Waals surface area contributed by atoms with E-state index in [9.17, 15) is 0 Å². The van der Waals surface area contributed by atoms with Crippen LogP contribution in [0.25, 0.3) is 10.8 Å². The van der Waals surface area contributed by atoms with Crippen LogP contribution in [0.1, 0.15) is 94.2 Å². The Kier molecular flexibility index (Phi) is 8.48. The summed E-state index contributed by atoms with van der Waals surface area (Å²) in [4.78, 5) is 0. The molecule has 172 valence electrons. The molecule has 1 aliphatic carbocycles. The quantitative estimate of drug-likeness (QED) is 0.252. The minimum absolute atomic E-state index is 0.737. The Morgan fingerprint density at radius 2 is 1.42 bits per heavy atom. The lowest BCUT2D eigenvalue weighted by atomic mass is 9.77. The van der Waals surface area contributed by atoms with Crippen molar-refractivity contribution in [2.45, 2.75) is 77.6 Å². The van der Waals surface area contributed by atoms with Gasteiger partial charge < -0.3 is 4.74 Å². The van der Waals surface area contributed by atoms with Crippen molar-refractivity contribution in [3.8, 4) is 17.6 Å². The summed E-state index contributed by atoms with van der Waals surface area (Å²) in [5, 5.41) is 2.41. The molecule has 0 unspecified atom stereocenters. The van der Waals surface area contributed by atoms with Crippen LogP contribution in [0.4, 0.5) is 0 Å². The van der Waals surface area contributed by atoms with Gasteiger partial charge in [-0.15, -0.1) is 0 Å². The van der Waals surface area contributed by atoms with E-state index in [0.717, 1.165) is 41.7 Å².